The Balaban J connectivity index is 2.44. The number of hydrogen-bond donors (Lipinski definition) is 2. The Bertz CT molecular complexity index is 1020. The van der Waals surface area contributed by atoms with Gasteiger partial charge < -0.3 is 20.3 Å². The summed E-state index contributed by atoms with van der Waals surface area (Å²) in [5, 5.41) is 5.83. The minimum Gasteiger partial charge on any atom is -0.444 e. The van der Waals surface area contributed by atoms with Gasteiger partial charge in [-0.25, -0.2) is 4.79 Å². The molecule has 3 amide bonds. The summed E-state index contributed by atoms with van der Waals surface area (Å²) in [5.41, 5.74) is 1.99. The molecule has 2 unspecified atom stereocenters. The standard InChI is InChI=1S/C31H45N3O4/c1-7-9-13-20-32-28(35)27(25-18-16-23(3)17-19-25)34(21-8-2)29(36)26(22-24-14-11-10-12-15-24)33-30(37)38-31(4,5)6/h10-12,14-19,26-27H,7-9,13,20-22H2,1-6H3,(H,32,35)(H,33,37). The molecule has 2 N–H and O–H groups in total. The Kier molecular flexibility index (Phi) is 12.3. The highest BCUT2D eigenvalue weighted by molar-refractivity contribution is 5.92. The number of carbonyl (C=O) groups is 3. The molecular weight excluding hydrogens is 478 g/mol. The zero-order valence-electron chi connectivity index (χ0n) is 23.9. The molecule has 0 aliphatic carbocycles. The van der Waals surface area contributed by atoms with Crippen molar-refractivity contribution in [1.29, 1.82) is 0 Å². The number of hydrogen-bond acceptors (Lipinski definition) is 4. The fourth-order valence-corrected chi connectivity index (χ4v) is 4.21. The molecule has 0 bridgehead atoms. The molecule has 2 rings (SSSR count). The van der Waals surface area contributed by atoms with Gasteiger partial charge in [0.25, 0.3) is 0 Å². The van der Waals surface area contributed by atoms with Crippen molar-refractivity contribution in [3.8, 4) is 0 Å². The van der Waals surface area contributed by atoms with Gasteiger partial charge in [-0.05, 0) is 51.7 Å². The first-order valence-corrected chi connectivity index (χ1v) is 13.7. The maximum Gasteiger partial charge on any atom is 0.408 e. The van der Waals surface area contributed by atoms with Crippen LogP contribution in [0.2, 0.25) is 0 Å². The molecule has 7 heteroatoms. The minimum absolute atomic E-state index is 0.220. The summed E-state index contributed by atoms with van der Waals surface area (Å²) in [5.74, 6) is -0.543. The number of nitrogens with one attached hydrogen (secondary N) is 2. The SMILES string of the molecule is CCCCCNC(=O)C(c1ccc(C)cc1)N(CCC)C(=O)C(Cc1ccccc1)NC(=O)OC(C)(C)C. The van der Waals surface area contributed by atoms with E-state index in [0.717, 1.165) is 36.0 Å². The van der Waals surface area contributed by atoms with Crippen molar-refractivity contribution in [2.75, 3.05) is 13.1 Å². The fourth-order valence-electron chi connectivity index (χ4n) is 4.21. The lowest BCUT2D eigenvalue weighted by Crippen LogP contribution is -2.54. The number of ether oxygens (including phenoxy) is 1. The van der Waals surface area contributed by atoms with E-state index in [1.54, 1.807) is 25.7 Å². The topological polar surface area (TPSA) is 87.7 Å². The summed E-state index contributed by atoms with van der Waals surface area (Å²) < 4.78 is 5.48. The number of benzene rings is 2. The van der Waals surface area contributed by atoms with Crippen LogP contribution in [0, 0.1) is 6.92 Å². The molecule has 0 fully saturated rings. The summed E-state index contributed by atoms with van der Waals surface area (Å²) in [6, 6.07) is 15.5. The van der Waals surface area contributed by atoms with Crippen molar-refractivity contribution in [3.63, 3.8) is 0 Å². The molecule has 0 aliphatic heterocycles. The van der Waals surface area contributed by atoms with Gasteiger partial charge in [0, 0.05) is 19.5 Å². The van der Waals surface area contributed by atoms with Crippen LogP contribution in [0.3, 0.4) is 0 Å². The molecule has 2 aromatic rings. The van der Waals surface area contributed by atoms with Gasteiger partial charge in [-0.2, -0.15) is 0 Å². The predicted molar refractivity (Wildman–Crippen MR) is 152 cm³/mol. The quantitative estimate of drug-likeness (QED) is 0.329. The Labute approximate surface area is 228 Å². The van der Waals surface area contributed by atoms with E-state index in [1.165, 1.54) is 0 Å². The van der Waals surface area contributed by atoms with E-state index in [0.29, 0.717) is 19.5 Å². The summed E-state index contributed by atoms with van der Waals surface area (Å²) in [6.45, 7) is 12.3. The van der Waals surface area contributed by atoms with Gasteiger partial charge in [0.05, 0.1) is 0 Å². The van der Waals surface area contributed by atoms with Crippen LogP contribution in [0.5, 0.6) is 0 Å². The first kappa shape index (κ1) is 30.9. The predicted octanol–water partition coefficient (Wildman–Crippen LogP) is 5.72. The number of amides is 3. The van der Waals surface area contributed by atoms with Crippen LogP contribution in [0.25, 0.3) is 0 Å². The molecule has 0 saturated heterocycles. The Morgan fingerprint density at radius 1 is 0.921 bits per heavy atom. The summed E-state index contributed by atoms with van der Waals surface area (Å²) >= 11 is 0. The van der Waals surface area contributed by atoms with Gasteiger partial charge in [-0.1, -0.05) is 86.8 Å². The molecule has 0 radical (unpaired) electrons. The van der Waals surface area contributed by atoms with Gasteiger partial charge in [-0.3, -0.25) is 9.59 Å². The van der Waals surface area contributed by atoms with E-state index >= 15 is 0 Å². The lowest BCUT2D eigenvalue weighted by atomic mass is 9.99. The monoisotopic (exact) mass is 523 g/mol. The van der Waals surface area contributed by atoms with E-state index < -0.39 is 23.8 Å². The first-order chi connectivity index (χ1) is 18.1. The fraction of sp³-hybridized carbons (Fsp3) is 0.516. The lowest BCUT2D eigenvalue weighted by Gasteiger charge is -2.34. The summed E-state index contributed by atoms with van der Waals surface area (Å²) in [4.78, 5) is 42.1. The van der Waals surface area contributed by atoms with Crippen molar-refractivity contribution in [2.45, 2.75) is 91.3 Å². The number of alkyl carbamates (subject to hydrolysis) is 1. The molecule has 0 aromatic heterocycles. The largest absolute Gasteiger partial charge is 0.444 e. The van der Waals surface area contributed by atoms with Crippen LogP contribution in [0.1, 0.15) is 83.0 Å². The zero-order valence-corrected chi connectivity index (χ0v) is 23.9. The third kappa shape index (κ3) is 10.2. The van der Waals surface area contributed by atoms with Crippen molar-refractivity contribution in [3.05, 3.63) is 71.3 Å². The molecule has 7 nitrogen and oxygen atoms in total. The molecule has 38 heavy (non-hydrogen) atoms. The second-order valence-corrected chi connectivity index (χ2v) is 10.7. The number of nitrogens with zero attached hydrogens (tertiary/aromatic N) is 1. The van der Waals surface area contributed by atoms with Gasteiger partial charge in [-0.15, -0.1) is 0 Å². The highest BCUT2D eigenvalue weighted by Crippen LogP contribution is 2.24. The molecule has 2 atom stereocenters. The number of unbranched alkanes of at least 4 members (excludes halogenated alkanes) is 2. The van der Waals surface area contributed by atoms with E-state index in [4.69, 9.17) is 4.74 Å². The molecule has 0 heterocycles. The van der Waals surface area contributed by atoms with Crippen LogP contribution in [-0.4, -0.2) is 47.5 Å². The molecular formula is C31H45N3O4. The average molecular weight is 524 g/mol. The molecule has 2 aromatic carbocycles. The van der Waals surface area contributed by atoms with E-state index in [9.17, 15) is 14.4 Å². The van der Waals surface area contributed by atoms with Crippen molar-refractivity contribution in [2.24, 2.45) is 0 Å². The highest BCUT2D eigenvalue weighted by atomic mass is 16.6. The second kappa shape index (κ2) is 15.2. The van der Waals surface area contributed by atoms with Gasteiger partial charge >= 0.3 is 6.09 Å². The highest BCUT2D eigenvalue weighted by Gasteiger charge is 2.36. The normalized spacial score (nSPS) is 12.8. The summed E-state index contributed by atoms with van der Waals surface area (Å²) in [6.07, 6.45) is 3.21. The Hall–Kier alpha value is -3.35. The van der Waals surface area contributed by atoms with Crippen molar-refractivity contribution < 1.29 is 19.1 Å². The van der Waals surface area contributed by atoms with E-state index in [2.05, 4.69) is 17.6 Å². The third-order valence-electron chi connectivity index (χ3n) is 6.05. The second-order valence-electron chi connectivity index (χ2n) is 10.7. The van der Waals surface area contributed by atoms with Gasteiger partial charge in [0.1, 0.15) is 17.7 Å². The maximum absolute atomic E-state index is 14.2. The van der Waals surface area contributed by atoms with Crippen molar-refractivity contribution in [1.82, 2.24) is 15.5 Å². The zero-order chi connectivity index (χ0) is 28.1. The summed E-state index contributed by atoms with van der Waals surface area (Å²) in [7, 11) is 0. The van der Waals surface area contributed by atoms with Crippen LogP contribution >= 0.6 is 0 Å². The Morgan fingerprint density at radius 2 is 1.58 bits per heavy atom. The minimum atomic E-state index is -0.903. The number of aryl methyl sites for hydroxylation is 1. The molecule has 0 aliphatic rings. The molecule has 208 valence electrons. The van der Waals surface area contributed by atoms with Crippen LogP contribution in [-0.2, 0) is 20.7 Å². The van der Waals surface area contributed by atoms with Gasteiger partial charge in [0.15, 0.2) is 0 Å². The molecule has 0 saturated carbocycles. The van der Waals surface area contributed by atoms with E-state index in [-0.39, 0.29) is 18.2 Å². The van der Waals surface area contributed by atoms with Crippen LogP contribution in [0.4, 0.5) is 4.79 Å². The first-order valence-electron chi connectivity index (χ1n) is 13.7. The lowest BCUT2D eigenvalue weighted by molar-refractivity contribution is -0.142. The number of carbonyl (C=O) groups excluding carboxylic acids is 3. The van der Waals surface area contributed by atoms with Gasteiger partial charge in [0.2, 0.25) is 11.8 Å². The van der Waals surface area contributed by atoms with Crippen LogP contribution < -0.4 is 10.6 Å². The molecule has 0 spiro atoms. The maximum atomic E-state index is 14.2. The van der Waals surface area contributed by atoms with Crippen LogP contribution in [0.15, 0.2) is 54.6 Å². The third-order valence-corrected chi connectivity index (χ3v) is 6.05. The smallest absolute Gasteiger partial charge is 0.408 e. The number of rotatable bonds is 13. The van der Waals surface area contributed by atoms with Crippen molar-refractivity contribution >= 4 is 17.9 Å². The van der Waals surface area contributed by atoms with E-state index in [1.807, 2.05) is 68.4 Å². The Morgan fingerprint density at radius 3 is 2.16 bits per heavy atom. The average Bonchev–Trinajstić information content (AvgIpc) is 2.86.